The van der Waals surface area contributed by atoms with Crippen LogP contribution in [0.3, 0.4) is 0 Å². The van der Waals surface area contributed by atoms with Gasteiger partial charge in [-0.2, -0.15) is 0 Å². The third-order valence-electron chi connectivity index (χ3n) is 5.65. The monoisotopic (exact) mass is 425 g/mol. The second-order valence-electron chi connectivity index (χ2n) is 7.68. The van der Waals surface area contributed by atoms with Crippen LogP contribution in [0.2, 0.25) is 0 Å². The maximum atomic E-state index is 14.0. The lowest BCUT2D eigenvalue weighted by Gasteiger charge is -2.16. The molecule has 0 unspecified atom stereocenters. The molecule has 1 aliphatic carbocycles. The minimum absolute atomic E-state index is 0. The number of halogens is 2. The highest BCUT2D eigenvalue weighted by molar-refractivity contribution is 5.87. The number of allylic oxidation sites excluding steroid dienone is 1. The van der Waals surface area contributed by atoms with Crippen molar-refractivity contribution in [1.29, 1.82) is 0 Å². The summed E-state index contributed by atoms with van der Waals surface area (Å²) >= 11 is 0. The van der Waals surface area contributed by atoms with Crippen LogP contribution in [0.4, 0.5) is 4.39 Å². The molecule has 0 atom stereocenters. The number of hydrogen-bond donors (Lipinski definition) is 1. The quantitative estimate of drug-likeness (QED) is 0.311. The minimum Gasteiger partial charge on any atom is -0.488 e. The first kappa shape index (κ1) is 22.3. The zero-order valence-electron chi connectivity index (χ0n) is 17.2. The molecular weight excluding hydrogens is 397 g/mol. The van der Waals surface area contributed by atoms with Crippen molar-refractivity contribution < 1.29 is 9.13 Å². The summed E-state index contributed by atoms with van der Waals surface area (Å²) in [5.41, 5.74) is 3.29. The molecular formula is C26H29ClFNO. The van der Waals surface area contributed by atoms with Crippen molar-refractivity contribution in [1.82, 2.24) is 5.32 Å². The largest absolute Gasteiger partial charge is 0.488 e. The average molecular weight is 426 g/mol. The van der Waals surface area contributed by atoms with Gasteiger partial charge in [0.2, 0.25) is 0 Å². The van der Waals surface area contributed by atoms with Crippen LogP contribution >= 0.6 is 12.4 Å². The molecule has 0 radical (unpaired) electrons. The summed E-state index contributed by atoms with van der Waals surface area (Å²) in [6.07, 6.45) is 8.64. The van der Waals surface area contributed by atoms with Crippen molar-refractivity contribution in [3.63, 3.8) is 0 Å². The Labute approximate surface area is 184 Å². The van der Waals surface area contributed by atoms with Gasteiger partial charge in [-0.25, -0.2) is 4.39 Å². The van der Waals surface area contributed by atoms with E-state index >= 15 is 0 Å². The number of hydrogen-bond acceptors (Lipinski definition) is 2. The zero-order chi connectivity index (χ0) is 19.9. The molecule has 2 nitrogen and oxygen atoms in total. The van der Waals surface area contributed by atoms with Gasteiger partial charge >= 0.3 is 0 Å². The van der Waals surface area contributed by atoms with E-state index in [1.54, 1.807) is 17.7 Å². The Morgan fingerprint density at radius 1 is 0.933 bits per heavy atom. The number of benzene rings is 3. The van der Waals surface area contributed by atoms with Gasteiger partial charge in [-0.05, 0) is 61.6 Å². The molecule has 0 spiro atoms. The number of fused-ring (bicyclic) bond motifs is 1. The molecule has 0 bridgehead atoms. The Morgan fingerprint density at radius 2 is 1.77 bits per heavy atom. The Morgan fingerprint density at radius 3 is 2.60 bits per heavy atom. The molecule has 1 aliphatic rings. The fraction of sp³-hybridized carbons (Fsp3) is 0.308. The SMILES string of the molecule is Cl.Fc1ccccc1COc1ccc2ccccc2c1CNCCC1=CCCCC1. The summed E-state index contributed by atoms with van der Waals surface area (Å²) in [5.74, 6) is 0.588. The first-order chi connectivity index (χ1) is 14.3. The maximum Gasteiger partial charge on any atom is 0.129 e. The highest BCUT2D eigenvalue weighted by atomic mass is 35.5. The van der Waals surface area contributed by atoms with Crippen molar-refractivity contribution >= 4 is 23.2 Å². The van der Waals surface area contributed by atoms with Gasteiger partial charge < -0.3 is 10.1 Å². The van der Waals surface area contributed by atoms with Gasteiger partial charge in [0.25, 0.3) is 0 Å². The van der Waals surface area contributed by atoms with E-state index in [0.29, 0.717) is 5.56 Å². The Hall–Kier alpha value is -2.36. The van der Waals surface area contributed by atoms with Crippen molar-refractivity contribution in [2.75, 3.05) is 6.54 Å². The normalized spacial score (nSPS) is 13.6. The molecule has 3 aromatic carbocycles. The lowest BCUT2D eigenvalue weighted by Crippen LogP contribution is -2.17. The maximum absolute atomic E-state index is 14.0. The number of nitrogens with one attached hydrogen (secondary N) is 1. The molecule has 3 aromatic rings. The predicted octanol–water partition coefficient (Wildman–Crippen LogP) is 6.96. The van der Waals surface area contributed by atoms with Crippen LogP contribution in [0.15, 0.2) is 72.3 Å². The predicted molar refractivity (Wildman–Crippen MR) is 125 cm³/mol. The molecule has 4 heteroatoms. The van der Waals surface area contributed by atoms with Crippen molar-refractivity contribution in [2.45, 2.75) is 45.3 Å². The average Bonchev–Trinajstić information content (AvgIpc) is 2.77. The summed E-state index contributed by atoms with van der Waals surface area (Å²) < 4.78 is 20.0. The molecule has 1 N–H and O–H groups in total. The molecule has 0 saturated heterocycles. The second kappa shape index (κ2) is 11.1. The van der Waals surface area contributed by atoms with Gasteiger partial charge in [-0.15, -0.1) is 12.4 Å². The van der Waals surface area contributed by atoms with E-state index in [1.165, 1.54) is 42.5 Å². The second-order valence-corrected chi connectivity index (χ2v) is 7.68. The summed E-state index contributed by atoms with van der Waals surface area (Å²) in [6, 6.07) is 19.2. The Kier molecular flexibility index (Phi) is 8.30. The molecule has 0 saturated carbocycles. The summed E-state index contributed by atoms with van der Waals surface area (Å²) in [5, 5.41) is 5.97. The first-order valence-corrected chi connectivity index (χ1v) is 10.6. The standard InChI is InChI=1S/C26H28FNO.ClH/c27-25-13-7-5-11-22(25)19-29-26-15-14-21-10-4-6-12-23(21)24(26)18-28-17-16-20-8-2-1-3-9-20;/h4-8,10-15,28H,1-3,9,16-19H2;1H. The molecule has 0 fully saturated rings. The van der Waals surface area contributed by atoms with Gasteiger partial charge in [0.05, 0.1) is 0 Å². The van der Waals surface area contributed by atoms with E-state index in [4.69, 9.17) is 4.74 Å². The van der Waals surface area contributed by atoms with E-state index < -0.39 is 0 Å². The van der Waals surface area contributed by atoms with E-state index in [9.17, 15) is 4.39 Å². The molecule has 0 aromatic heterocycles. The lowest BCUT2D eigenvalue weighted by atomic mass is 9.97. The molecule has 0 heterocycles. The summed E-state index contributed by atoms with van der Waals surface area (Å²) in [7, 11) is 0. The van der Waals surface area contributed by atoms with Crippen LogP contribution in [0.1, 0.15) is 43.2 Å². The zero-order valence-corrected chi connectivity index (χ0v) is 18.0. The van der Waals surface area contributed by atoms with Crippen LogP contribution in [0.5, 0.6) is 5.75 Å². The van der Waals surface area contributed by atoms with Gasteiger partial charge in [0.1, 0.15) is 18.2 Å². The number of ether oxygens (including phenoxy) is 1. The summed E-state index contributed by atoms with van der Waals surface area (Å²) in [6.45, 7) is 1.92. The van der Waals surface area contributed by atoms with Crippen molar-refractivity contribution in [2.24, 2.45) is 0 Å². The van der Waals surface area contributed by atoms with E-state index in [-0.39, 0.29) is 24.8 Å². The first-order valence-electron chi connectivity index (χ1n) is 10.6. The van der Waals surface area contributed by atoms with E-state index in [0.717, 1.165) is 30.8 Å². The van der Waals surface area contributed by atoms with Gasteiger partial charge in [-0.3, -0.25) is 0 Å². The summed E-state index contributed by atoms with van der Waals surface area (Å²) in [4.78, 5) is 0. The van der Waals surface area contributed by atoms with Crippen molar-refractivity contribution in [3.8, 4) is 5.75 Å². The molecule has 4 rings (SSSR count). The van der Waals surface area contributed by atoms with Crippen LogP contribution in [-0.4, -0.2) is 6.54 Å². The molecule has 158 valence electrons. The topological polar surface area (TPSA) is 21.3 Å². The Balaban J connectivity index is 0.00000256. The lowest BCUT2D eigenvalue weighted by molar-refractivity contribution is 0.296. The van der Waals surface area contributed by atoms with Gasteiger partial charge in [0.15, 0.2) is 0 Å². The molecule has 0 amide bonds. The Bertz CT molecular complexity index is 1000. The molecule has 30 heavy (non-hydrogen) atoms. The van der Waals surface area contributed by atoms with Crippen LogP contribution in [0.25, 0.3) is 10.8 Å². The fourth-order valence-electron chi connectivity index (χ4n) is 4.00. The third kappa shape index (κ3) is 5.62. The number of rotatable bonds is 8. The van der Waals surface area contributed by atoms with Gasteiger partial charge in [-0.1, -0.05) is 60.2 Å². The van der Waals surface area contributed by atoms with Crippen LogP contribution < -0.4 is 10.1 Å². The van der Waals surface area contributed by atoms with E-state index in [2.05, 4.69) is 41.7 Å². The highest BCUT2D eigenvalue weighted by Gasteiger charge is 2.11. The minimum atomic E-state index is -0.228. The smallest absolute Gasteiger partial charge is 0.129 e. The van der Waals surface area contributed by atoms with E-state index in [1.807, 2.05) is 12.1 Å². The van der Waals surface area contributed by atoms with Crippen LogP contribution in [-0.2, 0) is 13.2 Å². The fourth-order valence-corrected chi connectivity index (χ4v) is 4.00. The third-order valence-corrected chi connectivity index (χ3v) is 5.65. The van der Waals surface area contributed by atoms with Crippen molar-refractivity contribution in [3.05, 3.63) is 89.3 Å². The molecule has 0 aliphatic heterocycles. The highest BCUT2D eigenvalue weighted by Crippen LogP contribution is 2.29. The van der Waals surface area contributed by atoms with Crippen LogP contribution in [0, 0.1) is 5.82 Å². The van der Waals surface area contributed by atoms with Gasteiger partial charge in [0, 0.05) is 17.7 Å².